The van der Waals surface area contributed by atoms with Crippen LogP contribution in [-0.4, -0.2) is 40.5 Å². The van der Waals surface area contributed by atoms with Gasteiger partial charge < -0.3 is 10.2 Å². The number of carbonyl (C=O) groups is 2. The van der Waals surface area contributed by atoms with Gasteiger partial charge in [0.1, 0.15) is 0 Å². The molecule has 1 aromatic heterocycles. The largest absolute Gasteiger partial charge is 0.339 e. The third-order valence-electron chi connectivity index (χ3n) is 5.08. The predicted octanol–water partition coefficient (Wildman–Crippen LogP) is 4.36. The van der Waals surface area contributed by atoms with E-state index in [0.717, 1.165) is 24.2 Å². The molecule has 0 saturated heterocycles. The van der Waals surface area contributed by atoms with Crippen LogP contribution < -0.4 is 5.32 Å². The highest BCUT2D eigenvalue weighted by atomic mass is 32.2. The molecule has 28 heavy (non-hydrogen) atoms. The molecule has 1 saturated carbocycles. The van der Waals surface area contributed by atoms with Gasteiger partial charge in [-0.25, -0.2) is 0 Å². The molecule has 2 amide bonds. The third-order valence-corrected chi connectivity index (χ3v) is 6.09. The minimum Gasteiger partial charge on any atom is -0.339 e. The van der Waals surface area contributed by atoms with Crippen molar-refractivity contribution in [3.05, 3.63) is 59.9 Å². The summed E-state index contributed by atoms with van der Waals surface area (Å²) >= 11 is 1.55. The molecule has 5 nitrogen and oxygen atoms in total. The van der Waals surface area contributed by atoms with E-state index in [1.165, 1.54) is 19.3 Å². The van der Waals surface area contributed by atoms with Crippen LogP contribution in [0.1, 0.15) is 48.0 Å². The van der Waals surface area contributed by atoms with Crippen molar-refractivity contribution >= 4 is 29.3 Å². The highest BCUT2D eigenvalue weighted by Gasteiger charge is 2.22. The van der Waals surface area contributed by atoms with Crippen LogP contribution in [-0.2, 0) is 10.5 Å². The van der Waals surface area contributed by atoms with E-state index in [4.69, 9.17) is 0 Å². The van der Waals surface area contributed by atoms with E-state index >= 15 is 0 Å². The normalized spacial score (nSPS) is 14.5. The lowest BCUT2D eigenvalue weighted by Gasteiger charge is -2.31. The van der Waals surface area contributed by atoms with E-state index < -0.39 is 0 Å². The molecule has 1 aliphatic rings. The summed E-state index contributed by atoms with van der Waals surface area (Å²) in [5.41, 5.74) is 2.48. The molecule has 0 bridgehead atoms. The molecule has 0 atom stereocenters. The van der Waals surface area contributed by atoms with Gasteiger partial charge >= 0.3 is 0 Å². The Balaban J connectivity index is 1.46. The molecular formula is C22H27N3O2S. The number of amides is 2. The van der Waals surface area contributed by atoms with Crippen molar-refractivity contribution in [1.82, 2.24) is 9.88 Å². The molecular weight excluding hydrogens is 370 g/mol. The van der Waals surface area contributed by atoms with Crippen LogP contribution in [0.15, 0.2) is 48.8 Å². The number of pyridine rings is 1. The third kappa shape index (κ3) is 5.83. The van der Waals surface area contributed by atoms with Gasteiger partial charge in [0.05, 0.1) is 5.75 Å². The first-order valence-corrected chi connectivity index (χ1v) is 10.9. The summed E-state index contributed by atoms with van der Waals surface area (Å²) in [7, 11) is 1.90. The second-order valence-electron chi connectivity index (χ2n) is 7.19. The van der Waals surface area contributed by atoms with Gasteiger partial charge in [-0.15, -0.1) is 11.8 Å². The number of hydrogen-bond acceptors (Lipinski definition) is 4. The van der Waals surface area contributed by atoms with Crippen LogP contribution in [0.25, 0.3) is 0 Å². The number of aromatic nitrogens is 1. The fourth-order valence-electron chi connectivity index (χ4n) is 3.48. The summed E-state index contributed by atoms with van der Waals surface area (Å²) in [6, 6.07) is 11.4. The van der Waals surface area contributed by atoms with E-state index in [2.05, 4.69) is 10.3 Å². The van der Waals surface area contributed by atoms with Crippen molar-refractivity contribution in [3.63, 3.8) is 0 Å². The Morgan fingerprint density at radius 1 is 1.14 bits per heavy atom. The summed E-state index contributed by atoms with van der Waals surface area (Å²) in [5.74, 6) is 1.13. The fraction of sp³-hybridized carbons (Fsp3) is 0.409. The summed E-state index contributed by atoms with van der Waals surface area (Å²) in [6.45, 7) is 0. The average Bonchev–Trinajstić information content (AvgIpc) is 2.74. The molecule has 0 radical (unpaired) electrons. The Hall–Kier alpha value is -2.34. The van der Waals surface area contributed by atoms with Crippen LogP contribution in [0, 0.1) is 0 Å². The van der Waals surface area contributed by atoms with Gasteiger partial charge in [0.2, 0.25) is 5.91 Å². The summed E-state index contributed by atoms with van der Waals surface area (Å²) < 4.78 is 0. The highest BCUT2D eigenvalue weighted by Crippen LogP contribution is 2.23. The second kappa shape index (κ2) is 10.3. The molecule has 1 N–H and O–H groups in total. The summed E-state index contributed by atoms with van der Waals surface area (Å²) in [5, 5.41) is 2.89. The van der Waals surface area contributed by atoms with Gasteiger partial charge in [-0.3, -0.25) is 14.6 Å². The molecule has 1 aromatic carbocycles. The number of anilines is 1. The molecule has 0 unspecified atom stereocenters. The van der Waals surface area contributed by atoms with E-state index in [9.17, 15) is 9.59 Å². The standard InChI is InChI=1S/C22H27N3O2S/c1-25(20-7-3-2-4-8-20)22(27)18-9-11-19(12-10-18)24-21(26)16-28-15-17-6-5-13-23-14-17/h5-6,9-14,20H,2-4,7-8,15-16H2,1H3,(H,24,26). The van der Waals surface area contributed by atoms with Crippen molar-refractivity contribution in [3.8, 4) is 0 Å². The Bertz CT molecular complexity index is 774. The van der Waals surface area contributed by atoms with Crippen LogP contribution >= 0.6 is 11.8 Å². The number of hydrogen-bond donors (Lipinski definition) is 1. The van der Waals surface area contributed by atoms with Crippen molar-refractivity contribution < 1.29 is 9.59 Å². The molecule has 1 fully saturated rings. The molecule has 0 aliphatic heterocycles. The number of benzene rings is 1. The predicted molar refractivity (Wildman–Crippen MR) is 114 cm³/mol. The quantitative estimate of drug-likeness (QED) is 0.754. The molecule has 1 aliphatic carbocycles. The van der Waals surface area contributed by atoms with Crippen molar-refractivity contribution in [2.45, 2.75) is 43.9 Å². The molecule has 148 valence electrons. The molecule has 3 rings (SSSR count). The van der Waals surface area contributed by atoms with Crippen LogP contribution in [0.5, 0.6) is 0 Å². The minimum atomic E-state index is -0.0488. The maximum absolute atomic E-state index is 12.7. The zero-order valence-electron chi connectivity index (χ0n) is 16.3. The van der Waals surface area contributed by atoms with Crippen LogP contribution in [0.2, 0.25) is 0 Å². The van der Waals surface area contributed by atoms with Gasteiger partial charge in [0.15, 0.2) is 0 Å². The smallest absolute Gasteiger partial charge is 0.253 e. The van der Waals surface area contributed by atoms with Crippen molar-refractivity contribution in [1.29, 1.82) is 0 Å². The maximum atomic E-state index is 12.7. The maximum Gasteiger partial charge on any atom is 0.253 e. The molecule has 1 heterocycles. The number of thioether (sulfide) groups is 1. The van der Waals surface area contributed by atoms with Crippen LogP contribution in [0.4, 0.5) is 5.69 Å². The summed E-state index contributed by atoms with van der Waals surface area (Å²) in [4.78, 5) is 30.7. The molecule has 6 heteroatoms. The zero-order chi connectivity index (χ0) is 19.8. The van der Waals surface area contributed by atoms with Gasteiger partial charge in [-0.1, -0.05) is 25.3 Å². The van der Waals surface area contributed by atoms with E-state index in [1.54, 1.807) is 42.2 Å². The topological polar surface area (TPSA) is 62.3 Å². The van der Waals surface area contributed by atoms with E-state index in [1.807, 2.05) is 30.3 Å². The first-order chi connectivity index (χ1) is 13.6. The van der Waals surface area contributed by atoms with Gasteiger partial charge in [0.25, 0.3) is 5.91 Å². The van der Waals surface area contributed by atoms with Crippen molar-refractivity contribution in [2.75, 3.05) is 18.1 Å². The number of nitrogens with zero attached hydrogens (tertiary/aromatic N) is 2. The SMILES string of the molecule is CN(C(=O)c1ccc(NC(=O)CSCc2cccnc2)cc1)C1CCCCC1. The lowest BCUT2D eigenvalue weighted by molar-refractivity contribution is -0.113. The minimum absolute atomic E-state index is 0.0488. The van der Waals surface area contributed by atoms with E-state index in [0.29, 0.717) is 23.0 Å². The zero-order valence-corrected chi connectivity index (χ0v) is 17.1. The lowest BCUT2D eigenvalue weighted by atomic mass is 9.94. The second-order valence-corrected chi connectivity index (χ2v) is 8.17. The van der Waals surface area contributed by atoms with Crippen molar-refractivity contribution in [2.24, 2.45) is 0 Å². The van der Waals surface area contributed by atoms with Gasteiger partial charge in [-0.2, -0.15) is 0 Å². The number of rotatable bonds is 7. The first-order valence-electron chi connectivity index (χ1n) is 9.77. The summed E-state index contributed by atoms with van der Waals surface area (Å²) in [6.07, 6.45) is 9.40. The average molecular weight is 398 g/mol. The number of nitrogens with one attached hydrogen (secondary N) is 1. The molecule has 2 aromatic rings. The molecule has 0 spiro atoms. The Morgan fingerprint density at radius 2 is 1.89 bits per heavy atom. The van der Waals surface area contributed by atoms with Crippen LogP contribution in [0.3, 0.4) is 0 Å². The monoisotopic (exact) mass is 397 g/mol. The van der Waals surface area contributed by atoms with E-state index in [-0.39, 0.29) is 11.8 Å². The Morgan fingerprint density at radius 3 is 2.57 bits per heavy atom. The Kier molecular flexibility index (Phi) is 7.48. The fourth-order valence-corrected chi connectivity index (χ4v) is 4.24. The number of carbonyl (C=O) groups excluding carboxylic acids is 2. The first kappa shape index (κ1) is 20.4. The Labute approximate surface area is 170 Å². The lowest BCUT2D eigenvalue weighted by Crippen LogP contribution is -2.38. The van der Waals surface area contributed by atoms with Gasteiger partial charge in [0, 0.05) is 42.5 Å². The highest BCUT2D eigenvalue weighted by molar-refractivity contribution is 7.99. The van der Waals surface area contributed by atoms with Gasteiger partial charge in [-0.05, 0) is 48.7 Å².